The average Bonchev–Trinajstić information content (AvgIpc) is 3.29. The highest BCUT2D eigenvalue weighted by atomic mass is 35.5. The van der Waals surface area contributed by atoms with E-state index in [1.807, 2.05) is 25.7 Å². The van der Waals surface area contributed by atoms with Crippen molar-refractivity contribution < 1.29 is 23.1 Å². The van der Waals surface area contributed by atoms with Crippen molar-refractivity contribution in [1.29, 1.82) is 5.26 Å². The lowest BCUT2D eigenvalue weighted by Gasteiger charge is -2.38. The Morgan fingerprint density at radius 2 is 1.87 bits per heavy atom. The Balaban J connectivity index is 1.69. The third kappa shape index (κ3) is 7.78. The molecule has 0 bridgehead atoms. The van der Waals surface area contributed by atoms with Gasteiger partial charge >= 0.3 is 0 Å². The lowest BCUT2D eigenvalue weighted by molar-refractivity contribution is -0.135. The third-order valence-electron chi connectivity index (χ3n) is 8.61. The van der Waals surface area contributed by atoms with Gasteiger partial charge in [-0.1, -0.05) is 62.2 Å². The summed E-state index contributed by atoms with van der Waals surface area (Å²) in [6.07, 6.45) is 1.10. The van der Waals surface area contributed by atoms with Crippen LogP contribution in [0.3, 0.4) is 0 Å². The molecule has 4 unspecified atom stereocenters. The lowest BCUT2D eigenvalue weighted by atomic mass is 9.62. The zero-order chi connectivity index (χ0) is 32.9. The number of benzene rings is 2. The number of rotatable bonds is 10. The predicted octanol–water partition coefficient (Wildman–Crippen LogP) is 4.89. The van der Waals surface area contributed by atoms with Crippen LogP contribution in [-0.4, -0.2) is 86.7 Å². The summed E-state index contributed by atoms with van der Waals surface area (Å²) in [5, 5.41) is 17.3. The first-order valence-electron chi connectivity index (χ1n) is 15.2. The fraction of sp³-hybridized carbons (Fsp3) is 0.545. The molecule has 2 aromatic rings. The van der Waals surface area contributed by atoms with Gasteiger partial charge in [0.1, 0.15) is 17.0 Å². The number of piperazine rings is 1. The van der Waals surface area contributed by atoms with E-state index in [9.17, 15) is 14.9 Å². The van der Waals surface area contributed by atoms with Crippen molar-refractivity contribution in [1.82, 2.24) is 20.4 Å². The van der Waals surface area contributed by atoms with Gasteiger partial charge < -0.3 is 20.3 Å². The van der Waals surface area contributed by atoms with Gasteiger partial charge in [0.2, 0.25) is 11.8 Å². The summed E-state index contributed by atoms with van der Waals surface area (Å²) in [5.74, 6) is -3.01. The van der Waals surface area contributed by atoms with Crippen molar-refractivity contribution in [2.75, 3.05) is 53.0 Å². The molecule has 4 atom stereocenters. The lowest BCUT2D eigenvalue weighted by Crippen LogP contribution is -2.55. The molecule has 0 saturated carbocycles. The summed E-state index contributed by atoms with van der Waals surface area (Å²) in [6.45, 7) is 8.84. The number of halogens is 4. The molecular weight excluding hydrogens is 623 g/mol. The second kappa shape index (κ2) is 14.7. The Bertz CT molecular complexity index is 1420. The molecule has 2 fully saturated rings. The molecule has 2 amide bonds. The van der Waals surface area contributed by atoms with E-state index in [1.54, 1.807) is 18.1 Å². The first-order chi connectivity index (χ1) is 21.3. The van der Waals surface area contributed by atoms with Gasteiger partial charge in [0, 0.05) is 69.0 Å². The molecule has 0 spiro atoms. The maximum absolute atomic E-state index is 15.9. The monoisotopic (exact) mass is 663 g/mol. The largest absolute Gasteiger partial charge is 0.385 e. The quantitative estimate of drug-likeness (QED) is 0.352. The van der Waals surface area contributed by atoms with Crippen LogP contribution in [0.2, 0.25) is 10.0 Å². The normalized spacial score (nSPS) is 24.0. The minimum Gasteiger partial charge on any atom is -0.385 e. The minimum absolute atomic E-state index is 0.0390. The van der Waals surface area contributed by atoms with Crippen molar-refractivity contribution >= 4 is 35.0 Å². The van der Waals surface area contributed by atoms with E-state index in [1.165, 1.54) is 24.3 Å². The summed E-state index contributed by atoms with van der Waals surface area (Å²) >= 11 is 12.3. The van der Waals surface area contributed by atoms with Crippen LogP contribution in [0.4, 0.5) is 8.78 Å². The molecule has 0 aliphatic carbocycles. The van der Waals surface area contributed by atoms with Crippen LogP contribution in [0.25, 0.3) is 0 Å². The molecule has 4 rings (SSSR count). The second-order valence-electron chi connectivity index (χ2n) is 13.0. The van der Waals surface area contributed by atoms with Crippen LogP contribution in [-0.2, 0) is 19.7 Å². The average molecular weight is 665 g/mol. The highest BCUT2D eigenvalue weighted by molar-refractivity contribution is 6.31. The number of nitrogens with zero attached hydrogens (tertiary/aromatic N) is 3. The van der Waals surface area contributed by atoms with Gasteiger partial charge in [0.05, 0.1) is 23.7 Å². The maximum atomic E-state index is 15.9. The van der Waals surface area contributed by atoms with Gasteiger partial charge in [-0.2, -0.15) is 5.26 Å². The molecule has 12 heteroatoms. The summed E-state index contributed by atoms with van der Waals surface area (Å²) in [6, 6.07) is 9.17. The zero-order valence-electron chi connectivity index (χ0n) is 26.1. The first kappa shape index (κ1) is 35.1. The van der Waals surface area contributed by atoms with E-state index in [4.69, 9.17) is 27.9 Å². The van der Waals surface area contributed by atoms with E-state index in [0.29, 0.717) is 52.2 Å². The molecule has 2 saturated heterocycles. The van der Waals surface area contributed by atoms with Gasteiger partial charge in [-0.3, -0.25) is 14.5 Å². The summed E-state index contributed by atoms with van der Waals surface area (Å²) < 4.78 is 36.7. The third-order valence-corrected chi connectivity index (χ3v) is 9.14. The Labute approximate surface area is 274 Å². The number of carbonyl (C=O) groups is 2. The fourth-order valence-corrected chi connectivity index (χ4v) is 6.91. The zero-order valence-corrected chi connectivity index (χ0v) is 27.7. The summed E-state index contributed by atoms with van der Waals surface area (Å²) in [4.78, 5) is 30.4. The number of methoxy groups -OCH3 is 1. The van der Waals surface area contributed by atoms with Crippen molar-refractivity contribution in [2.45, 2.75) is 57.0 Å². The van der Waals surface area contributed by atoms with Gasteiger partial charge in [0.25, 0.3) is 0 Å². The molecule has 0 radical (unpaired) electrons. The number of carbonyl (C=O) groups excluding carboxylic acids is 2. The molecule has 2 heterocycles. The number of nitrogens with one attached hydrogen (secondary N) is 2. The smallest absolute Gasteiger partial charge is 0.240 e. The molecule has 2 aliphatic rings. The van der Waals surface area contributed by atoms with E-state index < -0.39 is 35.1 Å². The van der Waals surface area contributed by atoms with E-state index in [0.717, 1.165) is 6.07 Å². The van der Waals surface area contributed by atoms with Gasteiger partial charge in [-0.05, 0) is 42.0 Å². The van der Waals surface area contributed by atoms with E-state index >= 15 is 8.78 Å². The predicted molar refractivity (Wildman–Crippen MR) is 170 cm³/mol. The number of ether oxygens (including phenoxy) is 1. The Hall–Kier alpha value is -2.81. The van der Waals surface area contributed by atoms with Crippen LogP contribution in [0.15, 0.2) is 36.4 Å². The molecule has 2 aliphatic heterocycles. The number of amides is 2. The first-order valence-corrected chi connectivity index (χ1v) is 15.9. The summed E-state index contributed by atoms with van der Waals surface area (Å²) in [5.41, 5.74) is -1.92. The molecule has 244 valence electrons. The van der Waals surface area contributed by atoms with Gasteiger partial charge in [-0.25, -0.2) is 8.78 Å². The number of hydrogen-bond acceptors (Lipinski definition) is 6. The number of nitriles is 1. The Kier molecular flexibility index (Phi) is 11.5. The van der Waals surface area contributed by atoms with Crippen LogP contribution < -0.4 is 10.6 Å². The Morgan fingerprint density at radius 3 is 2.49 bits per heavy atom. The van der Waals surface area contributed by atoms with Crippen molar-refractivity contribution in [3.05, 3.63) is 69.2 Å². The minimum atomic E-state index is -1.68. The van der Waals surface area contributed by atoms with E-state index in [2.05, 4.69) is 16.7 Å². The van der Waals surface area contributed by atoms with Gasteiger partial charge in [-0.15, -0.1) is 0 Å². The second-order valence-corrected chi connectivity index (χ2v) is 13.8. The van der Waals surface area contributed by atoms with E-state index in [-0.39, 0.29) is 44.9 Å². The Morgan fingerprint density at radius 1 is 1.16 bits per heavy atom. The molecule has 8 nitrogen and oxygen atoms in total. The molecule has 0 aromatic heterocycles. The van der Waals surface area contributed by atoms with Crippen molar-refractivity contribution in [2.24, 2.45) is 5.41 Å². The van der Waals surface area contributed by atoms with Crippen LogP contribution >= 0.6 is 23.2 Å². The number of hydrogen-bond donors (Lipinski definition) is 2. The standard InChI is InChI=1S/C33H41Cl2F2N5O3/c1-32(2,3)18-26-33(20-38,23-10-9-21(34)17-25(23)36)28(22-7-5-8-24(35)29(22)37)30(40-26)31(44)42-14-12-41(13-15-42)19-27(43)39-11-6-16-45-4/h5,7-10,17,26,28,30,40H,6,11-16,18-19H2,1-4H3,(H,39,43). The topological polar surface area (TPSA) is 97.7 Å². The highest BCUT2D eigenvalue weighted by Gasteiger charge is 2.61. The van der Waals surface area contributed by atoms with Crippen molar-refractivity contribution in [3.8, 4) is 6.07 Å². The molecule has 2 N–H and O–H groups in total. The van der Waals surface area contributed by atoms with Crippen LogP contribution in [0.5, 0.6) is 0 Å². The molecule has 45 heavy (non-hydrogen) atoms. The SMILES string of the molecule is COCCCNC(=O)CN1CCN(C(=O)C2NC(CC(C)(C)C)C(C#N)(c3ccc(Cl)cc3F)C2c2cccc(Cl)c2F)CC1. The molecule has 2 aromatic carbocycles. The van der Waals surface area contributed by atoms with Crippen molar-refractivity contribution in [3.63, 3.8) is 0 Å². The maximum Gasteiger partial charge on any atom is 0.240 e. The van der Waals surface area contributed by atoms with Crippen LogP contribution in [0, 0.1) is 28.4 Å². The molecular formula is C33H41Cl2F2N5O3. The highest BCUT2D eigenvalue weighted by Crippen LogP contribution is 2.53. The summed E-state index contributed by atoms with van der Waals surface area (Å²) in [7, 11) is 1.61. The fourth-order valence-electron chi connectivity index (χ4n) is 6.57. The van der Waals surface area contributed by atoms with Crippen LogP contribution in [0.1, 0.15) is 50.7 Å². The van der Waals surface area contributed by atoms with Gasteiger partial charge in [0.15, 0.2) is 0 Å².